The van der Waals surface area contributed by atoms with Crippen LogP contribution in [-0.2, 0) is 6.54 Å². The van der Waals surface area contributed by atoms with Gasteiger partial charge in [-0.25, -0.2) is 4.39 Å². The third-order valence-electron chi connectivity index (χ3n) is 4.29. The molecule has 108 valence electrons. The van der Waals surface area contributed by atoms with Gasteiger partial charge in [-0.15, -0.1) is 0 Å². The zero-order valence-electron chi connectivity index (χ0n) is 11.8. The van der Waals surface area contributed by atoms with E-state index in [1.165, 1.54) is 32.4 Å². The molecule has 1 aliphatic rings. The molecule has 1 heterocycles. The lowest BCUT2D eigenvalue weighted by Crippen LogP contribution is -2.08. The third kappa shape index (κ3) is 2.35. The van der Waals surface area contributed by atoms with Crippen molar-refractivity contribution >= 4 is 23.3 Å². The smallest absolute Gasteiger partial charge is 0.178 e. The first-order valence-electron chi connectivity index (χ1n) is 7.04. The molecule has 0 radical (unpaired) electrons. The minimum Gasteiger partial charge on any atom is -0.494 e. The zero-order chi connectivity index (χ0) is 14.3. The second kappa shape index (κ2) is 5.20. The molecule has 0 spiro atoms. The molecule has 0 saturated heterocycles. The molecule has 0 bridgehead atoms. The van der Waals surface area contributed by atoms with Crippen molar-refractivity contribution in [1.29, 1.82) is 0 Å². The summed E-state index contributed by atoms with van der Waals surface area (Å²) in [6.45, 7) is 3.20. The van der Waals surface area contributed by atoms with Gasteiger partial charge in [0, 0.05) is 18.7 Å². The van der Waals surface area contributed by atoms with E-state index in [0.29, 0.717) is 10.7 Å². The summed E-state index contributed by atoms with van der Waals surface area (Å²) < 4.78 is 21.5. The van der Waals surface area contributed by atoms with Crippen LogP contribution < -0.4 is 4.74 Å². The number of benzene rings is 1. The van der Waals surface area contributed by atoms with Gasteiger partial charge in [-0.2, -0.15) is 0 Å². The highest BCUT2D eigenvalue weighted by molar-refractivity contribution is 7.71. The maximum atomic E-state index is 13.7. The number of imidazole rings is 1. The maximum absolute atomic E-state index is 13.7. The first-order chi connectivity index (χ1) is 9.58. The van der Waals surface area contributed by atoms with E-state index >= 15 is 0 Å². The molecule has 3 rings (SSSR count). The molecule has 1 fully saturated rings. The van der Waals surface area contributed by atoms with Crippen molar-refractivity contribution < 1.29 is 9.13 Å². The van der Waals surface area contributed by atoms with E-state index in [-0.39, 0.29) is 11.6 Å². The van der Waals surface area contributed by atoms with E-state index in [2.05, 4.69) is 16.5 Å². The maximum Gasteiger partial charge on any atom is 0.178 e. The van der Waals surface area contributed by atoms with Crippen molar-refractivity contribution in [2.24, 2.45) is 11.8 Å². The predicted octanol–water partition coefficient (Wildman–Crippen LogP) is 4.28. The monoisotopic (exact) mass is 294 g/mol. The molecule has 20 heavy (non-hydrogen) atoms. The Bertz CT molecular complexity index is 691. The Kier molecular flexibility index (Phi) is 3.54. The average Bonchev–Trinajstić information content (AvgIpc) is 2.94. The van der Waals surface area contributed by atoms with Crippen molar-refractivity contribution in [1.82, 2.24) is 9.55 Å². The quantitative estimate of drug-likeness (QED) is 0.856. The van der Waals surface area contributed by atoms with Crippen molar-refractivity contribution in [3.05, 3.63) is 22.7 Å². The lowest BCUT2D eigenvalue weighted by atomic mass is 10.1. The Morgan fingerprint density at radius 3 is 2.90 bits per heavy atom. The van der Waals surface area contributed by atoms with Crippen LogP contribution in [0.2, 0.25) is 0 Å². The summed E-state index contributed by atoms with van der Waals surface area (Å²) >= 11 is 5.38. The number of aromatic nitrogens is 2. The largest absolute Gasteiger partial charge is 0.494 e. The second-order valence-electron chi connectivity index (χ2n) is 5.83. The predicted molar refractivity (Wildman–Crippen MR) is 80.1 cm³/mol. The summed E-state index contributed by atoms with van der Waals surface area (Å²) in [5.74, 6) is 1.36. The van der Waals surface area contributed by atoms with Gasteiger partial charge in [0.2, 0.25) is 0 Å². The summed E-state index contributed by atoms with van der Waals surface area (Å²) in [5, 5.41) is 0. The highest BCUT2D eigenvalue weighted by Gasteiger charge is 2.22. The topological polar surface area (TPSA) is 29.9 Å². The summed E-state index contributed by atoms with van der Waals surface area (Å²) in [6, 6.07) is 3.19. The van der Waals surface area contributed by atoms with Crippen molar-refractivity contribution in [3.8, 4) is 5.75 Å². The Morgan fingerprint density at radius 1 is 1.45 bits per heavy atom. The second-order valence-corrected chi connectivity index (χ2v) is 6.22. The molecular formula is C15H19FN2OS. The van der Waals surface area contributed by atoms with Gasteiger partial charge < -0.3 is 14.3 Å². The van der Waals surface area contributed by atoms with Gasteiger partial charge >= 0.3 is 0 Å². The highest BCUT2D eigenvalue weighted by atomic mass is 32.1. The van der Waals surface area contributed by atoms with Crippen LogP contribution in [0, 0.1) is 22.4 Å². The first kappa shape index (κ1) is 13.6. The molecule has 1 aromatic heterocycles. The summed E-state index contributed by atoms with van der Waals surface area (Å²) in [7, 11) is 1.48. The summed E-state index contributed by atoms with van der Waals surface area (Å²) in [4.78, 5) is 3.09. The van der Waals surface area contributed by atoms with Crippen LogP contribution in [0.3, 0.4) is 0 Å². The van der Waals surface area contributed by atoms with Crippen molar-refractivity contribution in [3.63, 3.8) is 0 Å². The first-order valence-corrected chi connectivity index (χ1v) is 7.45. The fourth-order valence-corrected chi connectivity index (χ4v) is 3.53. The van der Waals surface area contributed by atoms with E-state index in [1.54, 1.807) is 6.07 Å². The summed E-state index contributed by atoms with van der Waals surface area (Å²) in [5.41, 5.74) is 1.66. The van der Waals surface area contributed by atoms with Gasteiger partial charge in [-0.05, 0) is 36.9 Å². The molecule has 5 heteroatoms. The molecule has 0 amide bonds. The number of halogens is 1. The van der Waals surface area contributed by atoms with E-state index < -0.39 is 0 Å². The van der Waals surface area contributed by atoms with Crippen molar-refractivity contribution in [2.45, 2.75) is 32.7 Å². The zero-order valence-corrected chi connectivity index (χ0v) is 12.6. The molecule has 1 aromatic carbocycles. The third-order valence-corrected chi connectivity index (χ3v) is 4.61. The molecule has 2 atom stereocenters. The lowest BCUT2D eigenvalue weighted by molar-refractivity contribution is 0.387. The molecule has 2 aromatic rings. The van der Waals surface area contributed by atoms with E-state index in [0.717, 1.165) is 23.5 Å². The number of methoxy groups -OCH3 is 1. The minimum absolute atomic E-state index is 0.264. The van der Waals surface area contributed by atoms with Crippen LogP contribution in [0.15, 0.2) is 12.1 Å². The minimum atomic E-state index is -0.363. The number of rotatable bonds is 3. The van der Waals surface area contributed by atoms with Gasteiger partial charge in [0.15, 0.2) is 16.3 Å². The number of fused-ring (bicyclic) bond motifs is 1. The lowest BCUT2D eigenvalue weighted by Gasteiger charge is -2.12. The number of nitrogens with one attached hydrogen (secondary N) is 1. The SMILES string of the molecule is COc1cc2c(cc1F)[nH]c(=S)n2CC1CCC(C)C1. The average molecular weight is 294 g/mol. The fourth-order valence-electron chi connectivity index (χ4n) is 3.24. The number of hydrogen-bond donors (Lipinski definition) is 1. The molecule has 2 unspecified atom stereocenters. The Labute approximate surface area is 122 Å². The number of aromatic amines is 1. The number of H-pyrrole nitrogens is 1. The summed E-state index contributed by atoms with van der Waals surface area (Å²) in [6.07, 6.45) is 3.78. The molecule has 1 saturated carbocycles. The van der Waals surface area contributed by atoms with Crippen LogP contribution >= 0.6 is 12.2 Å². The van der Waals surface area contributed by atoms with E-state index in [1.807, 2.05) is 0 Å². The molecular weight excluding hydrogens is 275 g/mol. The Balaban J connectivity index is 2.01. The highest BCUT2D eigenvalue weighted by Crippen LogP contribution is 2.33. The van der Waals surface area contributed by atoms with Crippen LogP contribution in [-0.4, -0.2) is 16.7 Å². The number of nitrogens with zero attached hydrogens (tertiary/aromatic N) is 1. The van der Waals surface area contributed by atoms with E-state index in [4.69, 9.17) is 17.0 Å². The normalized spacial score (nSPS) is 22.6. The Morgan fingerprint density at radius 2 is 2.25 bits per heavy atom. The van der Waals surface area contributed by atoms with Gasteiger partial charge in [-0.1, -0.05) is 13.3 Å². The van der Waals surface area contributed by atoms with Gasteiger partial charge in [-0.3, -0.25) is 0 Å². The fraction of sp³-hybridized carbons (Fsp3) is 0.533. The van der Waals surface area contributed by atoms with Crippen LogP contribution in [0.4, 0.5) is 4.39 Å². The molecule has 1 N–H and O–H groups in total. The molecule has 1 aliphatic carbocycles. The van der Waals surface area contributed by atoms with Crippen molar-refractivity contribution in [2.75, 3.05) is 7.11 Å². The molecule has 3 nitrogen and oxygen atoms in total. The standard InChI is InChI=1S/C15H19FN2OS/c1-9-3-4-10(5-9)8-18-13-7-14(19-2)11(16)6-12(13)17-15(18)20/h6-7,9-10H,3-5,8H2,1-2H3,(H,17,20). The Hall–Kier alpha value is -1.36. The van der Waals surface area contributed by atoms with Crippen LogP contribution in [0.25, 0.3) is 11.0 Å². The van der Waals surface area contributed by atoms with Gasteiger partial charge in [0.25, 0.3) is 0 Å². The molecule has 0 aliphatic heterocycles. The van der Waals surface area contributed by atoms with Gasteiger partial charge in [0.05, 0.1) is 18.1 Å². The number of hydrogen-bond acceptors (Lipinski definition) is 2. The van der Waals surface area contributed by atoms with Crippen LogP contribution in [0.1, 0.15) is 26.2 Å². The van der Waals surface area contributed by atoms with Gasteiger partial charge in [0.1, 0.15) is 0 Å². The van der Waals surface area contributed by atoms with Crippen LogP contribution in [0.5, 0.6) is 5.75 Å². The van der Waals surface area contributed by atoms with E-state index in [9.17, 15) is 4.39 Å². The number of ether oxygens (including phenoxy) is 1.